The first-order valence-corrected chi connectivity index (χ1v) is 11.3. The Balaban J connectivity index is 0.000000289. The maximum Gasteiger partial charge on any atom is 0.0118 e. The molecule has 0 radical (unpaired) electrons. The Bertz CT molecular complexity index is 795. The van der Waals surface area contributed by atoms with Crippen molar-refractivity contribution in [3.63, 3.8) is 0 Å². The van der Waals surface area contributed by atoms with Crippen LogP contribution in [-0.4, -0.2) is 10.2 Å². The van der Waals surface area contributed by atoms with Gasteiger partial charge in [-0.15, -0.1) is 6.92 Å². The van der Waals surface area contributed by atoms with Crippen molar-refractivity contribution >= 4 is 10.2 Å². The predicted molar refractivity (Wildman–Crippen MR) is 128 cm³/mol. The molecule has 0 aliphatic heterocycles. The van der Waals surface area contributed by atoms with Crippen molar-refractivity contribution in [2.24, 2.45) is 16.2 Å². The summed E-state index contributed by atoms with van der Waals surface area (Å²) in [4.78, 5) is 0. The van der Waals surface area contributed by atoms with Crippen molar-refractivity contribution in [2.45, 2.75) is 55.4 Å². The van der Waals surface area contributed by atoms with E-state index in [4.69, 9.17) is 0 Å². The average molecular weight is 481 g/mol. The van der Waals surface area contributed by atoms with Crippen molar-refractivity contribution < 1.29 is 26.2 Å². The summed E-state index contributed by atoms with van der Waals surface area (Å²) in [6, 6.07) is 20.8. The van der Waals surface area contributed by atoms with Crippen molar-refractivity contribution in [2.75, 3.05) is 0 Å². The van der Waals surface area contributed by atoms with Crippen LogP contribution in [0.4, 0.5) is 0 Å². The molecule has 29 heavy (non-hydrogen) atoms. The summed E-state index contributed by atoms with van der Waals surface area (Å²) < 4.78 is 0. The topological polar surface area (TPSA) is 0 Å². The number of benzene rings is 2. The van der Waals surface area contributed by atoms with Gasteiger partial charge in [-0.2, -0.15) is 5.20 Å². The van der Waals surface area contributed by atoms with Gasteiger partial charge in [-0.05, 0) is 22.0 Å². The van der Waals surface area contributed by atoms with Crippen molar-refractivity contribution in [1.29, 1.82) is 0 Å². The van der Waals surface area contributed by atoms with E-state index >= 15 is 0 Å². The van der Waals surface area contributed by atoms with Crippen LogP contribution in [-0.2, 0) is 26.2 Å². The molecule has 2 aromatic carbocycles. The zero-order valence-electron chi connectivity index (χ0n) is 19.8. The Morgan fingerprint density at radius 3 is 1.24 bits per heavy atom. The van der Waals surface area contributed by atoms with E-state index in [2.05, 4.69) is 110 Å². The summed E-state index contributed by atoms with van der Waals surface area (Å²) in [5, 5.41) is 1.64. The van der Waals surface area contributed by atoms with E-state index in [1.165, 1.54) is 22.3 Å². The zero-order valence-corrected chi connectivity index (χ0v) is 24.2. The first kappa shape index (κ1) is 26.1. The molecule has 0 aromatic heterocycles. The number of allylic oxidation sites excluding steroid dienone is 4. The maximum absolute atomic E-state index is 3.82. The fourth-order valence-electron chi connectivity index (χ4n) is 4.92. The Morgan fingerprint density at radius 1 is 0.690 bits per heavy atom. The van der Waals surface area contributed by atoms with E-state index in [0.717, 1.165) is 10.2 Å². The van der Waals surface area contributed by atoms with E-state index in [1.807, 2.05) is 12.1 Å². The van der Waals surface area contributed by atoms with Crippen LogP contribution in [0.3, 0.4) is 0 Å². The molecule has 0 spiro atoms. The molecule has 0 saturated carbocycles. The van der Waals surface area contributed by atoms with Gasteiger partial charge in [0.2, 0.25) is 0 Å². The summed E-state index contributed by atoms with van der Waals surface area (Å²) in [5.74, 6) is 0. The Hall–Kier alpha value is -0.980. The molecule has 0 fully saturated rings. The van der Waals surface area contributed by atoms with Crippen molar-refractivity contribution in [1.82, 2.24) is 0 Å². The molecular formula is C27H37SiZr-. The van der Waals surface area contributed by atoms with Gasteiger partial charge in [-0.3, -0.25) is 6.08 Å². The molecule has 2 heteroatoms. The van der Waals surface area contributed by atoms with Crippen LogP contribution in [0.15, 0.2) is 77.0 Å². The molecule has 0 heterocycles. The molecule has 0 atom stereocenters. The molecule has 0 bridgehead atoms. The van der Waals surface area contributed by atoms with Gasteiger partial charge in [0, 0.05) is 36.4 Å². The SMILES string of the molecule is CC1=[C-]C(C(C)(C)C)(C(C)(C)C)C([SiH3])=C1C.[Zr].c1ccc(-c2ccccc2)cc1. The third-order valence-corrected chi connectivity index (χ3v) is 7.69. The molecule has 3 rings (SSSR count). The minimum atomic E-state index is 0. The minimum Gasteiger partial charge on any atom is -0.262 e. The molecule has 1 aliphatic rings. The molecule has 0 unspecified atom stereocenters. The summed E-state index contributed by atoms with van der Waals surface area (Å²) in [6.07, 6.45) is 3.82. The maximum atomic E-state index is 3.82. The van der Waals surface area contributed by atoms with Gasteiger partial charge in [-0.1, -0.05) is 115 Å². The second kappa shape index (κ2) is 9.88. The first-order valence-electron chi connectivity index (χ1n) is 10.3. The van der Waals surface area contributed by atoms with Gasteiger partial charge in [0.15, 0.2) is 0 Å². The predicted octanol–water partition coefficient (Wildman–Crippen LogP) is 6.82. The van der Waals surface area contributed by atoms with Crippen LogP contribution in [0.5, 0.6) is 0 Å². The summed E-state index contributed by atoms with van der Waals surface area (Å²) in [7, 11) is 1.14. The van der Waals surface area contributed by atoms with Crippen LogP contribution < -0.4 is 0 Å². The second-order valence-electron chi connectivity index (χ2n) is 9.98. The zero-order chi connectivity index (χ0) is 21.2. The second-order valence-corrected chi connectivity index (χ2v) is 11.0. The number of rotatable bonds is 1. The van der Waals surface area contributed by atoms with Crippen LogP contribution in [0, 0.1) is 22.3 Å². The molecular weight excluding hydrogens is 444 g/mol. The smallest absolute Gasteiger partial charge is 0.0118 e. The summed E-state index contributed by atoms with van der Waals surface area (Å²) >= 11 is 0. The van der Waals surface area contributed by atoms with E-state index < -0.39 is 0 Å². The third kappa shape index (κ3) is 5.39. The average Bonchev–Trinajstić information content (AvgIpc) is 2.88. The van der Waals surface area contributed by atoms with Crippen LogP contribution in [0.2, 0.25) is 0 Å². The van der Waals surface area contributed by atoms with Gasteiger partial charge in [0.1, 0.15) is 0 Å². The molecule has 0 saturated heterocycles. The minimum absolute atomic E-state index is 0. The van der Waals surface area contributed by atoms with Gasteiger partial charge < -0.3 is 0 Å². The van der Waals surface area contributed by atoms with Gasteiger partial charge in [0.25, 0.3) is 0 Å². The van der Waals surface area contributed by atoms with Gasteiger partial charge in [-0.25, -0.2) is 11.1 Å². The fourth-order valence-corrected chi connectivity index (χ4v) is 6.92. The van der Waals surface area contributed by atoms with Crippen LogP contribution in [0.1, 0.15) is 55.4 Å². The number of hydrogen-bond acceptors (Lipinski definition) is 0. The molecule has 0 amide bonds. The summed E-state index contributed by atoms with van der Waals surface area (Å²) in [6.45, 7) is 18.6. The van der Waals surface area contributed by atoms with Crippen LogP contribution in [0.25, 0.3) is 11.1 Å². The molecule has 154 valence electrons. The first-order chi connectivity index (χ1) is 12.9. The Kier molecular flexibility index (Phi) is 8.88. The normalized spacial score (nSPS) is 15.9. The van der Waals surface area contributed by atoms with E-state index in [1.54, 1.807) is 5.20 Å². The fraction of sp³-hybridized carbons (Fsp3) is 0.407. The standard InChI is InChI=1S/C15H27Si.C12H10.Zr/c1-10-9-15(13(3,4)5,14(6,7)8)12(16)11(10)2;1-3-7-11(8-4-1)12-9-5-2-6-10-12;/h1-8,16H3;1-10H;/q-1;;. The van der Waals surface area contributed by atoms with E-state index in [9.17, 15) is 0 Å². The van der Waals surface area contributed by atoms with Gasteiger partial charge in [0.05, 0.1) is 0 Å². The van der Waals surface area contributed by atoms with Crippen molar-refractivity contribution in [3.05, 3.63) is 83.1 Å². The molecule has 2 aromatic rings. The molecule has 0 N–H and O–H groups in total. The third-order valence-electron chi connectivity index (χ3n) is 6.19. The van der Waals surface area contributed by atoms with E-state index in [0.29, 0.717) is 0 Å². The molecule has 0 nitrogen and oxygen atoms in total. The van der Waals surface area contributed by atoms with Crippen LogP contribution >= 0.6 is 0 Å². The largest absolute Gasteiger partial charge is 0.262 e. The quantitative estimate of drug-likeness (QED) is 0.310. The number of hydrogen-bond donors (Lipinski definition) is 0. The molecule has 1 aliphatic carbocycles. The van der Waals surface area contributed by atoms with Crippen molar-refractivity contribution in [3.8, 4) is 11.1 Å². The van der Waals surface area contributed by atoms with E-state index in [-0.39, 0.29) is 42.4 Å². The Morgan fingerprint density at radius 2 is 1.03 bits per heavy atom. The van der Waals surface area contributed by atoms with Gasteiger partial charge >= 0.3 is 0 Å². The monoisotopic (exact) mass is 479 g/mol. The summed E-state index contributed by atoms with van der Waals surface area (Å²) in [5.41, 5.74) is 6.02. The Labute approximate surface area is 201 Å².